The van der Waals surface area contributed by atoms with Gasteiger partial charge >= 0.3 is 0 Å². The Kier molecular flexibility index (Phi) is 10.7. The Balaban J connectivity index is 0.880. The lowest BCUT2D eigenvalue weighted by Crippen LogP contribution is -2.20. The fourth-order valence-corrected chi connectivity index (χ4v) is 11.5. The van der Waals surface area contributed by atoms with Crippen molar-refractivity contribution in [3.05, 3.63) is 318 Å². The van der Waals surface area contributed by atoms with Crippen LogP contribution in [0.3, 0.4) is 0 Å². The molecular formula is C70H49N. The van der Waals surface area contributed by atoms with Crippen molar-refractivity contribution in [2.45, 2.75) is 11.8 Å². The minimum Gasteiger partial charge on any atom is -0.311 e. The third-order valence-corrected chi connectivity index (χ3v) is 14.7. The molecule has 1 heteroatoms. The van der Waals surface area contributed by atoms with Crippen LogP contribution in [-0.4, -0.2) is 0 Å². The van der Waals surface area contributed by atoms with Crippen LogP contribution in [-0.2, 0) is 0 Å². The van der Waals surface area contributed by atoms with E-state index in [0.29, 0.717) is 0 Å². The molecule has 1 nitrogen and oxygen atoms in total. The standard InChI is InChI=1S/C70H49N/c1-6-20-50(21-7-1)67-59-30-16-18-32-61(59)69(52-24-10-3-11-25-52)65-46-54(38-44-63(65)67)48-34-40-57(41-35-48)71(56-28-14-5-15-29-56)58-42-36-49(37-43-58)55-39-45-64-66(47-55)70(53-26-12-4-13-27-53)62-33-19-17-31-60(62)68(64)51-22-8-2-9-23-51/h1-47,67,69H. The van der Waals surface area contributed by atoms with E-state index < -0.39 is 0 Å². The van der Waals surface area contributed by atoms with Gasteiger partial charge in [-0.2, -0.15) is 0 Å². The van der Waals surface area contributed by atoms with Crippen LogP contribution in [0.1, 0.15) is 45.2 Å². The fraction of sp³-hybridized carbons (Fsp3) is 0.0286. The maximum atomic E-state index is 2.46. The van der Waals surface area contributed by atoms with Crippen LogP contribution in [0.5, 0.6) is 0 Å². The monoisotopic (exact) mass is 903 g/mol. The molecule has 0 N–H and O–H groups in total. The lowest BCUT2D eigenvalue weighted by molar-refractivity contribution is 0.822. The van der Waals surface area contributed by atoms with E-state index in [0.717, 1.165) is 17.1 Å². The zero-order valence-corrected chi connectivity index (χ0v) is 39.2. The van der Waals surface area contributed by atoms with Gasteiger partial charge in [0.05, 0.1) is 0 Å². The van der Waals surface area contributed by atoms with Gasteiger partial charge in [-0.15, -0.1) is 0 Å². The van der Waals surface area contributed by atoms with Crippen molar-refractivity contribution in [1.82, 2.24) is 0 Å². The van der Waals surface area contributed by atoms with Gasteiger partial charge in [-0.1, -0.05) is 237 Å². The first-order valence-electron chi connectivity index (χ1n) is 24.7. The smallest absolute Gasteiger partial charge is 0.0462 e. The van der Waals surface area contributed by atoms with Crippen LogP contribution < -0.4 is 4.90 Å². The number of para-hydroxylation sites is 1. The molecule has 0 aliphatic heterocycles. The maximum Gasteiger partial charge on any atom is 0.0462 e. The molecule has 2 unspecified atom stereocenters. The summed E-state index contributed by atoms with van der Waals surface area (Å²) in [6, 6.07) is 105. The summed E-state index contributed by atoms with van der Waals surface area (Å²) >= 11 is 0. The van der Waals surface area contributed by atoms with E-state index in [1.165, 1.54) is 99.4 Å². The molecule has 1 aliphatic carbocycles. The molecule has 0 fully saturated rings. The number of nitrogens with zero attached hydrogens (tertiary/aromatic N) is 1. The Labute approximate surface area is 416 Å². The summed E-state index contributed by atoms with van der Waals surface area (Å²) in [6.45, 7) is 0. The number of anilines is 3. The summed E-state index contributed by atoms with van der Waals surface area (Å²) in [5, 5.41) is 5.02. The van der Waals surface area contributed by atoms with Gasteiger partial charge in [0.1, 0.15) is 0 Å². The molecule has 13 rings (SSSR count). The number of hydrogen-bond acceptors (Lipinski definition) is 1. The summed E-state index contributed by atoms with van der Waals surface area (Å²) in [7, 11) is 0. The van der Waals surface area contributed by atoms with Crippen LogP contribution in [0.2, 0.25) is 0 Å². The number of benzene rings is 12. The van der Waals surface area contributed by atoms with Crippen LogP contribution in [0.4, 0.5) is 17.1 Å². The average Bonchev–Trinajstić information content (AvgIpc) is 3.45. The minimum atomic E-state index is 0.130. The molecule has 1 aliphatic rings. The van der Waals surface area contributed by atoms with E-state index in [9.17, 15) is 0 Å². The van der Waals surface area contributed by atoms with Gasteiger partial charge in [0.2, 0.25) is 0 Å². The lowest BCUT2D eigenvalue weighted by Gasteiger charge is -2.35. The van der Waals surface area contributed by atoms with Crippen molar-refractivity contribution in [3.63, 3.8) is 0 Å². The van der Waals surface area contributed by atoms with Gasteiger partial charge in [-0.05, 0) is 148 Å². The van der Waals surface area contributed by atoms with Crippen LogP contribution in [0, 0.1) is 0 Å². The molecule has 0 spiro atoms. The summed E-state index contributed by atoms with van der Waals surface area (Å²) in [6.07, 6.45) is 0. The first kappa shape index (κ1) is 42.1. The predicted octanol–water partition coefficient (Wildman–Crippen LogP) is 18.8. The largest absolute Gasteiger partial charge is 0.311 e. The van der Waals surface area contributed by atoms with Crippen molar-refractivity contribution < 1.29 is 0 Å². The third kappa shape index (κ3) is 7.60. The molecule has 71 heavy (non-hydrogen) atoms. The van der Waals surface area contributed by atoms with Crippen molar-refractivity contribution in [1.29, 1.82) is 0 Å². The molecule has 0 amide bonds. The summed E-state index contributed by atoms with van der Waals surface area (Å²) < 4.78 is 0. The Bertz CT molecular complexity index is 3830. The zero-order chi connectivity index (χ0) is 47.1. The van der Waals surface area contributed by atoms with Crippen LogP contribution in [0.25, 0.3) is 66.1 Å². The van der Waals surface area contributed by atoms with Crippen LogP contribution in [0.15, 0.2) is 285 Å². The first-order valence-corrected chi connectivity index (χ1v) is 24.7. The molecule has 0 radical (unpaired) electrons. The van der Waals surface area contributed by atoms with E-state index in [1.54, 1.807) is 0 Å². The van der Waals surface area contributed by atoms with E-state index in [1.807, 2.05) is 0 Å². The second-order valence-corrected chi connectivity index (χ2v) is 18.7. The van der Waals surface area contributed by atoms with E-state index >= 15 is 0 Å². The SMILES string of the molecule is c1ccc(-c2c3ccccc3c(-c3ccccc3)c3cc(-c4ccc(N(c5ccccc5)c5ccc(-c6ccc7c(c6)C(c6ccccc6)c6ccccc6C7c6ccccc6)cc5)cc4)ccc23)cc1. The van der Waals surface area contributed by atoms with Gasteiger partial charge in [0.15, 0.2) is 0 Å². The van der Waals surface area contributed by atoms with Crippen LogP contribution >= 0.6 is 0 Å². The van der Waals surface area contributed by atoms with Gasteiger partial charge in [0, 0.05) is 28.9 Å². The maximum absolute atomic E-state index is 2.46. The molecule has 2 atom stereocenters. The normalized spacial score (nSPS) is 13.9. The topological polar surface area (TPSA) is 3.24 Å². The molecule has 0 saturated carbocycles. The number of hydrogen-bond donors (Lipinski definition) is 0. The van der Waals surface area contributed by atoms with Crippen molar-refractivity contribution in [2.75, 3.05) is 4.90 Å². The van der Waals surface area contributed by atoms with Crippen molar-refractivity contribution in [2.24, 2.45) is 0 Å². The quantitative estimate of drug-likeness (QED) is 0.130. The van der Waals surface area contributed by atoms with Crippen molar-refractivity contribution in [3.8, 4) is 44.5 Å². The predicted molar refractivity (Wildman–Crippen MR) is 299 cm³/mol. The Morgan fingerprint density at radius 1 is 0.211 bits per heavy atom. The molecule has 12 aromatic carbocycles. The molecule has 12 aromatic rings. The summed E-state index contributed by atoms with van der Waals surface area (Å²) in [5.41, 5.74) is 21.2. The van der Waals surface area contributed by atoms with E-state index in [2.05, 4.69) is 290 Å². The Morgan fingerprint density at radius 2 is 0.563 bits per heavy atom. The molecule has 334 valence electrons. The fourth-order valence-electron chi connectivity index (χ4n) is 11.5. The second kappa shape index (κ2) is 18.1. The minimum absolute atomic E-state index is 0.130. The lowest BCUT2D eigenvalue weighted by atomic mass is 9.68. The van der Waals surface area contributed by atoms with Gasteiger partial charge in [-0.3, -0.25) is 0 Å². The van der Waals surface area contributed by atoms with E-state index in [-0.39, 0.29) is 11.8 Å². The third-order valence-electron chi connectivity index (χ3n) is 14.7. The number of rotatable bonds is 9. The second-order valence-electron chi connectivity index (χ2n) is 18.7. The van der Waals surface area contributed by atoms with Gasteiger partial charge in [0.25, 0.3) is 0 Å². The van der Waals surface area contributed by atoms with Gasteiger partial charge in [-0.25, -0.2) is 0 Å². The Hall–Kier alpha value is -9.04. The highest BCUT2D eigenvalue weighted by Crippen LogP contribution is 2.50. The van der Waals surface area contributed by atoms with Crippen molar-refractivity contribution >= 4 is 38.6 Å². The highest BCUT2D eigenvalue weighted by molar-refractivity contribution is 6.22. The van der Waals surface area contributed by atoms with E-state index in [4.69, 9.17) is 0 Å². The molecule has 0 saturated heterocycles. The Morgan fingerprint density at radius 3 is 1.08 bits per heavy atom. The zero-order valence-electron chi connectivity index (χ0n) is 39.2. The first-order chi connectivity index (χ1) is 35.2. The number of fused-ring (bicyclic) bond motifs is 4. The highest BCUT2D eigenvalue weighted by Gasteiger charge is 2.34. The molecule has 0 bridgehead atoms. The summed E-state index contributed by atoms with van der Waals surface area (Å²) in [5.74, 6) is 0.288. The molecular weight excluding hydrogens is 855 g/mol. The highest BCUT2D eigenvalue weighted by atomic mass is 15.1. The average molecular weight is 904 g/mol. The molecule has 0 heterocycles. The molecule has 0 aromatic heterocycles. The van der Waals surface area contributed by atoms with Gasteiger partial charge < -0.3 is 4.90 Å². The summed E-state index contributed by atoms with van der Waals surface area (Å²) in [4.78, 5) is 2.36.